The first-order chi connectivity index (χ1) is 19.6. The number of benzene rings is 4. The summed E-state index contributed by atoms with van der Waals surface area (Å²) in [5, 5.41) is 4.69. The number of pyridine rings is 1. The Bertz CT molecular complexity index is 1900. The van der Waals surface area contributed by atoms with Crippen LogP contribution in [0.25, 0.3) is 79.3 Å². The molecule has 0 atom stereocenters. The molecule has 0 unspecified atom stereocenters. The van der Waals surface area contributed by atoms with E-state index >= 15 is 0 Å². The summed E-state index contributed by atoms with van der Waals surface area (Å²) in [7, 11) is 0. The lowest BCUT2D eigenvalue weighted by molar-refractivity contribution is 1.09. The van der Waals surface area contributed by atoms with Crippen LogP contribution in [0.4, 0.5) is 0 Å². The third-order valence-electron chi connectivity index (χ3n) is 7.79. The van der Waals surface area contributed by atoms with Crippen LogP contribution in [0, 0.1) is 0 Å². The monoisotopic (exact) mass is 513 g/mol. The van der Waals surface area contributed by atoms with Gasteiger partial charge >= 0.3 is 0 Å². The second kappa shape index (κ2) is 9.11. The van der Waals surface area contributed by atoms with Crippen LogP contribution in [0.5, 0.6) is 0 Å². The summed E-state index contributed by atoms with van der Waals surface area (Å²) >= 11 is 0. The topological polar surface area (TPSA) is 22.8 Å². The number of hydrogen-bond acceptors (Lipinski definition) is 1. The number of fused-ring (bicyclic) bond motifs is 6. The molecule has 7 rings (SSSR count). The Labute approximate surface area is 232 Å². The molecule has 7 aromatic rings. The lowest BCUT2D eigenvalue weighted by atomic mass is 10.1. The fourth-order valence-electron chi connectivity index (χ4n) is 5.84. The van der Waals surface area contributed by atoms with Gasteiger partial charge in [-0.05, 0) is 76.9 Å². The Kier molecular flexibility index (Phi) is 5.39. The molecule has 3 aromatic heterocycles. The zero-order valence-electron chi connectivity index (χ0n) is 22.1. The summed E-state index contributed by atoms with van der Waals surface area (Å²) in [6, 6.07) is 28.1. The van der Waals surface area contributed by atoms with E-state index in [1.54, 1.807) is 0 Å². The molecule has 3 heterocycles. The maximum atomic E-state index is 4.75. The molecular weight excluding hydrogens is 486 g/mol. The molecule has 0 amide bonds. The summed E-state index contributed by atoms with van der Waals surface area (Å²) in [5.41, 5.74) is 10.8. The quantitative estimate of drug-likeness (QED) is 0.217. The Morgan fingerprint density at radius 1 is 0.425 bits per heavy atom. The average Bonchev–Trinajstić information content (AvgIpc) is 3.51. The minimum atomic E-state index is 0.996. The Morgan fingerprint density at radius 3 is 1.00 bits per heavy atom. The summed E-state index contributed by atoms with van der Waals surface area (Å²) in [6.45, 7) is 15.9. The molecular formula is C37H27N3. The van der Waals surface area contributed by atoms with E-state index in [9.17, 15) is 0 Å². The van der Waals surface area contributed by atoms with Gasteiger partial charge in [-0.3, -0.25) is 4.98 Å². The van der Waals surface area contributed by atoms with Gasteiger partial charge in [0.1, 0.15) is 0 Å². The molecule has 0 aliphatic carbocycles. The van der Waals surface area contributed by atoms with Crippen LogP contribution in [0.15, 0.2) is 118 Å². The van der Waals surface area contributed by atoms with Crippen molar-refractivity contribution >= 4 is 67.9 Å². The van der Waals surface area contributed by atoms with E-state index < -0.39 is 0 Å². The molecule has 4 aromatic carbocycles. The van der Waals surface area contributed by atoms with Crippen LogP contribution in [0.3, 0.4) is 0 Å². The number of aromatic nitrogens is 3. The van der Waals surface area contributed by atoms with Crippen molar-refractivity contribution in [3.8, 4) is 11.4 Å². The summed E-state index contributed by atoms with van der Waals surface area (Å²) in [6.07, 6.45) is 11.4. The summed E-state index contributed by atoms with van der Waals surface area (Å²) in [4.78, 5) is 4.75. The largest absolute Gasteiger partial charge is 0.308 e. The zero-order valence-corrected chi connectivity index (χ0v) is 22.1. The zero-order chi connectivity index (χ0) is 27.4. The van der Waals surface area contributed by atoms with Gasteiger partial charge in [-0.25, -0.2) is 0 Å². The van der Waals surface area contributed by atoms with Crippen LogP contribution < -0.4 is 0 Å². The molecule has 0 aliphatic rings. The predicted octanol–water partition coefficient (Wildman–Crippen LogP) is 9.85. The summed E-state index contributed by atoms with van der Waals surface area (Å²) in [5.74, 6) is 0. The maximum absolute atomic E-state index is 4.75. The van der Waals surface area contributed by atoms with Gasteiger partial charge in [0.25, 0.3) is 0 Å². The van der Waals surface area contributed by atoms with Gasteiger partial charge in [0.05, 0.1) is 45.8 Å². The number of rotatable bonds is 6. The molecule has 190 valence electrons. The van der Waals surface area contributed by atoms with Crippen molar-refractivity contribution in [2.75, 3.05) is 0 Å². The highest BCUT2D eigenvalue weighted by atomic mass is 15.0. The van der Waals surface area contributed by atoms with Crippen LogP contribution in [0.1, 0.15) is 22.3 Å². The van der Waals surface area contributed by atoms with E-state index in [1.807, 2.05) is 36.7 Å². The van der Waals surface area contributed by atoms with Gasteiger partial charge in [0.15, 0.2) is 0 Å². The number of hydrogen-bond donors (Lipinski definition) is 0. The van der Waals surface area contributed by atoms with Gasteiger partial charge in [-0.2, -0.15) is 0 Å². The van der Waals surface area contributed by atoms with E-state index in [0.717, 1.165) is 55.7 Å². The van der Waals surface area contributed by atoms with E-state index in [1.165, 1.54) is 21.5 Å². The Balaban J connectivity index is 1.53. The molecule has 3 nitrogen and oxygen atoms in total. The highest BCUT2D eigenvalue weighted by Gasteiger charge is 2.17. The van der Waals surface area contributed by atoms with E-state index in [0.29, 0.717) is 0 Å². The van der Waals surface area contributed by atoms with Crippen molar-refractivity contribution in [2.24, 2.45) is 0 Å². The first-order valence-corrected chi connectivity index (χ1v) is 13.3. The van der Waals surface area contributed by atoms with Crippen molar-refractivity contribution in [1.29, 1.82) is 0 Å². The molecule has 0 fully saturated rings. The molecule has 3 heteroatoms. The average molecular weight is 514 g/mol. The Morgan fingerprint density at radius 2 is 0.725 bits per heavy atom. The second-order valence-corrected chi connectivity index (χ2v) is 10.00. The van der Waals surface area contributed by atoms with Crippen LogP contribution >= 0.6 is 0 Å². The van der Waals surface area contributed by atoms with Gasteiger partial charge in [0.2, 0.25) is 0 Å². The van der Waals surface area contributed by atoms with Gasteiger partial charge in [-0.15, -0.1) is 0 Å². The number of nitrogens with zero attached hydrogens (tertiary/aromatic N) is 3. The van der Waals surface area contributed by atoms with Gasteiger partial charge < -0.3 is 9.13 Å². The van der Waals surface area contributed by atoms with Crippen molar-refractivity contribution < 1.29 is 0 Å². The van der Waals surface area contributed by atoms with Crippen molar-refractivity contribution in [3.05, 3.63) is 140 Å². The van der Waals surface area contributed by atoms with Crippen LogP contribution in [0.2, 0.25) is 0 Å². The second-order valence-electron chi connectivity index (χ2n) is 10.00. The predicted molar refractivity (Wildman–Crippen MR) is 173 cm³/mol. The third-order valence-corrected chi connectivity index (χ3v) is 7.79. The smallest absolute Gasteiger partial charge is 0.0666 e. The molecule has 40 heavy (non-hydrogen) atoms. The minimum Gasteiger partial charge on any atom is -0.308 e. The molecule has 0 spiro atoms. The molecule has 0 saturated carbocycles. The molecule has 0 bridgehead atoms. The first kappa shape index (κ1) is 23.7. The highest BCUT2D eigenvalue weighted by Crippen LogP contribution is 2.36. The van der Waals surface area contributed by atoms with Gasteiger partial charge in [-0.1, -0.05) is 74.9 Å². The summed E-state index contributed by atoms with van der Waals surface area (Å²) < 4.78 is 4.58. The fraction of sp³-hybridized carbons (Fsp3) is 0. The third kappa shape index (κ3) is 3.49. The molecule has 0 saturated heterocycles. The normalized spacial score (nSPS) is 11.4. The van der Waals surface area contributed by atoms with E-state index in [4.69, 9.17) is 4.98 Å². The standard InChI is InChI=1S/C37H27N3/c1-5-24-9-13-34-30(17-24)31-18-25(6-2)10-14-35(31)39(34)28-21-29(23-38-22-28)40-36-15-11-26(7-3)19-32(36)33-20-27(8-4)12-16-37(33)40/h5-23H,1-4H2. The van der Waals surface area contributed by atoms with Crippen molar-refractivity contribution in [1.82, 2.24) is 14.1 Å². The Hall–Kier alpha value is -5.41. The molecule has 0 aliphatic heterocycles. The SMILES string of the molecule is C=Cc1ccc2c(c1)c1cc(C=C)ccc1n2-c1cncc(-n2c3ccc(C=C)cc3c3cc(C=C)ccc32)c1. The molecule has 0 radical (unpaired) electrons. The maximum Gasteiger partial charge on any atom is 0.0666 e. The minimum absolute atomic E-state index is 0.996. The van der Waals surface area contributed by atoms with Crippen LogP contribution in [-0.2, 0) is 0 Å². The van der Waals surface area contributed by atoms with Crippen molar-refractivity contribution in [2.45, 2.75) is 0 Å². The highest BCUT2D eigenvalue weighted by molar-refractivity contribution is 6.11. The lowest BCUT2D eigenvalue weighted by Crippen LogP contribution is -2.00. The van der Waals surface area contributed by atoms with Gasteiger partial charge in [0, 0.05) is 21.5 Å². The fourth-order valence-corrected chi connectivity index (χ4v) is 5.84. The molecule has 0 N–H and O–H groups in total. The van der Waals surface area contributed by atoms with Crippen molar-refractivity contribution in [3.63, 3.8) is 0 Å². The van der Waals surface area contributed by atoms with Crippen LogP contribution in [-0.4, -0.2) is 14.1 Å². The first-order valence-electron chi connectivity index (χ1n) is 13.3. The van der Waals surface area contributed by atoms with E-state index in [2.05, 4.69) is 114 Å². The van der Waals surface area contributed by atoms with E-state index in [-0.39, 0.29) is 0 Å². The lowest BCUT2D eigenvalue weighted by Gasteiger charge is -2.12.